The summed E-state index contributed by atoms with van der Waals surface area (Å²) >= 11 is 0. The lowest BCUT2D eigenvalue weighted by atomic mass is 10.1. The Hall–Kier alpha value is -2.30. The van der Waals surface area contributed by atoms with Crippen LogP contribution >= 0.6 is 0 Å². The molecular weight excluding hydrogens is 258 g/mol. The predicted octanol–water partition coefficient (Wildman–Crippen LogP) is 2.38. The van der Waals surface area contributed by atoms with Crippen molar-refractivity contribution in [3.8, 4) is 11.8 Å². The average Bonchev–Trinajstić information content (AvgIpc) is 2.25. The van der Waals surface area contributed by atoms with Gasteiger partial charge >= 0.3 is 12.3 Å². The van der Waals surface area contributed by atoms with Crippen molar-refractivity contribution >= 4 is 5.97 Å². The summed E-state index contributed by atoms with van der Waals surface area (Å²) in [5.74, 6) is -3.79. The highest BCUT2D eigenvalue weighted by atomic mass is 19.4. The van der Waals surface area contributed by atoms with E-state index in [1.807, 2.05) is 0 Å². The zero-order valence-corrected chi connectivity index (χ0v) is 8.84. The SMILES string of the molecule is COC(=O)c1c(F)cc(C#N)cc1OC(F)(F)F. The number of nitrogens with zero attached hydrogens (tertiary/aromatic N) is 1. The second-order valence-corrected chi connectivity index (χ2v) is 2.98. The lowest BCUT2D eigenvalue weighted by molar-refractivity contribution is -0.274. The summed E-state index contributed by atoms with van der Waals surface area (Å²) in [7, 11) is 0.872. The lowest BCUT2D eigenvalue weighted by Crippen LogP contribution is -2.20. The monoisotopic (exact) mass is 263 g/mol. The Labute approximate surface area is 98.3 Å². The molecule has 0 aromatic heterocycles. The van der Waals surface area contributed by atoms with Crippen LogP contribution in [0.2, 0.25) is 0 Å². The first-order valence-electron chi connectivity index (χ1n) is 4.36. The molecule has 0 radical (unpaired) electrons. The molecule has 0 saturated carbocycles. The number of alkyl halides is 3. The van der Waals surface area contributed by atoms with E-state index in [1.54, 1.807) is 0 Å². The van der Waals surface area contributed by atoms with E-state index in [0.29, 0.717) is 12.1 Å². The van der Waals surface area contributed by atoms with Crippen molar-refractivity contribution in [2.75, 3.05) is 7.11 Å². The molecule has 18 heavy (non-hydrogen) atoms. The molecule has 1 aromatic rings. The smallest absolute Gasteiger partial charge is 0.465 e. The molecule has 0 atom stereocenters. The Morgan fingerprint density at radius 3 is 2.44 bits per heavy atom. The Bertz CT molecular complexity index is 519. The molecule has 1 rings (SSSR count). The van der Waals surface area contributed by atoms with Crippen molar-refractivity contribution in [3.63, 3.8) is 0 Å². The maximum absolute atomic E-state index is 13.4. The van der Waals surface area contributed by atoms with E-state index in [9.17, 15) is 22.4 Å². The standard InChI is InChI=1S/C10H5F4NO3/c1-17-9(16)8-6(11)2-5(4-15)3-7(8)18-10(12,13)14/h2-3H,1H3. The number of hydrogen-bond acceptors (Lipinski definition) is 4. The molecule has 96 valence electrons. The van der Waals surface area contributed by atoms with Crippen LogP contribution in [-0.2, 0) is 4.74 Å². The van der Waals surface area contributed by atoms with Gasteiger partial charge in [0.2, 0.25) is 0 Å². The van der Waals surface area contributed by atoms with Crippen LogP contribution in [0.15, 0.2) is 12.1 Å². The normalized spacial score (nSPS) is 10.7. The first-order valence-corrected chi connectivity index (χ1v) is 4.36. The number of benzene rings is 1. The fraction of sp³-hybridized carbons (Fsp3) is 0.200. The molecule has 0 aliphatic heterocycles. The molecule has 0 amide bonds. The zero-order valence-electron chi connectivity index (χ0n) is 8.84. The van der Waals surface area contributed by atoms with Gasteiger partial charge in [0.05, 0.1) is 18.7 Å². The van der Waals surface area contributed by atoms with Crippen LogP contribution in [0.4, 0.5) is 17.6 Å². The predicted molar refractivity (Wildman–Crippen MR) is 49.1 cm³/mol. The molecule has 8 heteroatoms. The minimum atomic E-state index is -5.12. The quantitative estimate of drug-likeness (QED) is 0.607. The largest absolute Gasteiger partial charge is 0.573 e. The number of carbonyl (C=O) groups excluding carboxylic acids is 1. The third kappa shape index (κ3) is 3.10. The van der Waals surface area contributed by atoms with Crippen molar-refractivity contribution < 1.29 is 31.8 Å². The van der Waals surface area contributed by atoms with Crippen molar-refractivity contribution in [1.29, 1.82) is 5.26 Å². The van der Waals surface area contributed by atoms with Crippen LogP contribution in [0, 0.1) is 17.1 Å². The van der Waals surface area contributed by atoms with Gasteiger partial charge in [0.1, 0.15) is 17.1 Å². The first-order chi connectivity index (χ1) is 8.28. The molecule has 0 aliphatic carbocycles. The van der Waals surface area contributed by atoms with Gasteiger partial charge < -0.3 is 9.47 Å². The highest BCUT2D eigenvalue weighted by Gasteiger charge is 2.34. The third-order valence-electron chi connectivity index (χ3n) is 1.80. The maximum Gasteiger partial charge on any atom is 0.573 e. The van der Waals surface area contributed by atoms with Crippen LogP contribution in [0.25, 0.3) is 0 Å². The number of methoxy groups -OCH3 is 1. The molecule has 0 bridgehead atoms. The number of rotatable bonds is 2. The zero-order chi connectivity index (χ0) is 13.9. The average molecular weight is 263 g/mol. The Morgan fingerprint density at radius 1 is 1.39 bits per heavy atom. The van der Waals surface area contributed by atoms with Gasteiger partial charge in [0, 0.05) is 0 Å². The van der Waals surface area contributed by atoms with Gasteiger partial charge in [-0.05, 0) is 12.1 Å². The molecule has 0 N–H and O–H groups in total. The van der Waals surface area contributed by atoms with Crippen LogP contribution in [0.1, 0.15) is 15.9 Å². The van der Waals surface area contributed by atoms with Gasteiger partial charge in [0.15, 0.2) is 0 Å². The number of nitriles is 1. The lowest BCUT2D eigenvalue weighted by Gasteiger charge is -2.12. The van der Waals surface area contributed by atoms with Crippen LogP contribution in [0.5, 0.6) is 5.75 Å². The minimum Gasteiger partial charge on any atom is -0.465 e. The molecule has 0 aliphatic rings. The topological polar surface area (TPSA) is 59.3 Å². The summed E-state index contributed by atoms with van der Waals surface area (Å²) in [6.07, 6.45) is -5.12. The summed E-state index contributed by atoms with van der Waals surface area (Å²) in [4.78, 5) is 11.1. The number of esters is 1. The van der Waals surface area contributed by atoms with Crippen LogP contribution in [0.3, 0.4) is 0 Å². The number of ether oxygens (including phenoxy) is 2. The number of halogens is 4. The van der Waals surface area contributed by atoms with E-state index >= 15 is 0 Å². The maximum atomic E-state index is 13.4. The third-order valence-corrected chi connectivity index (χ3v) is 1.80. The summed E-state index contributed by atoms with van der Waals surface area (Å²) in [6, 6.07) is 2.65. The summed E-state index contributed by atoms with van der Waals surface area (Å²) in [5, 5.41) is 8.50. The Balaban J connectivity index is 3.39. The van der Waals surface area contributed by atoms with Gasteiger partial charge in [-0.3, -0.25) is 0 Å². The van der Waals surface area contributed by atoms with Gasteiger partial charge in [-0.25, -0.2) is 9.18 Å². The van der Waals surface area contributed by atoms with E-state index in [4.69, 9.17) is 5.26 Å². The van der Waals surface area contributed by atoms with Crippen molar-refractivity contribution in [3.05, 3.63) is 29.1 Å². The van der Waals surface area contributed by atoms with E-state index in [0.717, 1.165) is 7.11 Å². The Kier molecular flexibility index (Phi) is 3.76. The molecule has 1 aromatic carbocycles. The van der Waals surface area contributed by atoms with Crippen LogP contribution < -0.4 is 4.74 Å². The molecule has 0 saturated heterocycles. The molecular formula is C10H5F4NO3. The minimum absolute atomic E-state index is 0.417. The van der Waals surface area contributed by atoms with Gasteiger partial charge in [-0.2, -0.15) is 5.26 Å². The summed E-state index contributed by atoms with van der Waals surface area (Å²) in [5.41, 5.74) is -1.44. The summed E-state index contributed by atoms with van der Waals surface area (Å²) in [6.45, 7) is 0. The van der Waals surface area contributed by atoms with E-state index < -0.39 is 35.0 Å². The van der Waals surface area contributed by atoms with Crippen molar-refractivity contribution in [2.24, 2.45) is 0 Å². The number of carbonyl (C=O) groups is 1. The van der Waals surface area contributed by atoms with Crippen molar-refractivity contribution in [2.45, 2.75) is 6.36 Å². The van der Waals surface area contributed by atoms with Crippen LogP contribution in [-0.4, -0.2) is 19.4 Å². The van der Waals surface area contributed by atoms with Gasteiger partial charge in [-0.15, -0.1) is 13.2 Å². The second-order valence-electron chi connectivity index (χ2n) is 2.98. The molecule has 0 spiro atoms. The molecule has 4 nitrogen and oxygen atoms in total. The van der Waals surface area contributed by atoms with E-state index in [1.165, 1.54) is 6.07 Å². The fourth-order valence-electron chi connectivity index (χ4n) is 1.15. The highest BCUT2D eigenvalue weighted by molar-refractivity contribution is 5.93. The molecule has 0 fully saturated rings. The van der Waals surface area contributed by atoms with Gasteiger partial charge in [0.25, 0.3) is 0 Å². The second kappa shape index (κ2) is 4.91. The van der Waals surface area contributed by atoms with E-state index in [-0.39, 0.29) is 0 Å². The van der Waals surface area contributed by atoms with E-state index in [2.05, 4.69) is 9.47 Å². The van der Waals surface area contributed by atoms with Gasteiger partial charge in [-0.1, -0.05) is 0 Å². The Morgan fingerprint density at radius 2 is 2.00 bits per heavy atom. The fourth-order valence-corrected chi connectivity index (χ4v) is 1.15. The number of hydrogen-bond donors (Lipinski definition) is 0. The highest BCUT2D eigenvalue weighted by Crippen LogP contribution is 2.30. The first kappa shape index (κ1) is 13.8. The molecule has 0 unspecified atom stereocenters. The van der Waals surface area contributed by atoms with Crippen molar-refractivity contribution in [1.82, 2.24) is 0 Å². The molecule has 0 heterocycles. The summed E-state index contributed by atoms with van der Waals surface area (Å²) < 4.78 is 57.3.